The van der Waals surface area contributed by atoms with Crippen molar-refractivity contribution in [3.05, 3.63) is 70.3 Å². The molecular formula is C28H38O. The standard InChI is InChI=1S/C28H38O/c1-19(2)23-9-7-8-10-24(23)27(29)25-18-22(15-16-26(25)28(4,5)6)14-13-21-12-11-20(3)17-21/h7-10,15-16,18-21H,11-14,17H2,1-6H3. The number of rotatable bonds is 6. The highest BCUT2D eigenvalue weighted by Crippen LogP contribution is 2.34. The van der Waals surface area contributed by atoms with Gasteiger partial charge in [0.1, 0.15) is 0 Å². The minimum atomic E-state index is -0.0584. The Morgan fingerprint density at radius 3 is 2.38 bits per heavy atom. The summed E-state index contributed by atoms with van der Waals surface area (Å²) in [5.41, 5.74) is 5.29. The summed E-state index contributed by atoms with van der Waals surface area (Å²) < 4.78 is 0. The third-order valence-electron chi connectivity index (χ3n) is 6.61. The lowest BCUT2D eigenvalue weighted by Gasteiger charge is -2.24. The Bertz CT molecular complexity index is 853. The first-order valence-corrected chi connectivity index (χ1v) is 11.4. The van der Waals surface area contributed by atoms with Gasteiger partial charge in [-0.2, -0.15) is 0 Å². The van der Waals surface area contributed by atoms with Gasteiger partial charge in [-0.3, -0.25) is 4.79 Å². The number of carbonyl (C=O) groups excluding carboxylic acids is 1. The predicted octanol–water partition coefficient (Wildman–Crippen LogP) is 7.71. The highest BCUT2D eigenvalue weighted by molar-refractivity contribution is 6.11. The van der Waals surface area contributed by atoms with Crippen LogP contribution in [0.2, 0.25) is 0 Å². The summed E-state index contributed by atoms with van der Waals surface area (Å²) in [6.07, 6.45) is 6.44. The monoisotopic (exact) mass is 390 g/mol. The Morgan fingerprint density at radius 1 is 1.03 bits per heavy atom. The third kappa shape index (κ3) is 5.18. The van der Waals surface area contributed by atoms with Crippen LogP contribution < -0.4 is 0 Å². The summed E-state index contributed by atoms with van der Waals surface area (Å²) in [7, 11) is 0. The first kappa shape index (κ1) is 21.8. The Morgan fingerprint density at radius 2 is 1.76 bits per heavy atom. The summed E-state index contributed by atoms with van der Waals surface area (Å²) >= 11 is 0. The van der Waals surface area contributed by atoms with Crippen molar-refractivity contribution < 1.29 is 4.79 Å². The van der Waals surface area contributed by atoms with Gasteiger partial charge < -0.3 is 0 Å². The van der Waals surface area contributed by atoms with E-state index < -0.39 is 0 Å². The zero-order valence-corrected chi connectivity index (χ0v) is 19.2. The van der Waals surface area contributed by atoms with Crippen molar-refractivity contribution in [2.75, 3.05) is 0 Å². The Labute approximate surface area is 177 Å². The van der Waals surface area contributed by atoms with Crippen molar-refractivity contribution in [2.45, 2.75) is 85.0 Å². The second kappa shape index (κ2) is 8.86. The van der Waals surface area contributed by atoms with Gasteiger partial charge in [0, 0.05) is 11.1 Å². The molecule has 0 aliphatic heterocycles. The highest BCUT2D eigenvalue weighted by Gasteiger charge is 2.25. The quantitative estimate of drug-likeness (QED) is 0.462. The molecule has 1 nitrogen and oxygen atoms in total. The van der Waals surface area contributed by atoms with Crippen molar-refractivity contribution in [3.63, 3.8) is 0 Å². The third-order valence-corrected chi connectivity index (χ3v) is 6.61. The van der Waals surface area contributed by atoms with Crippen LogP contribution in [0.5, 0.6) is 0 Å². The normalized spacial score (nSPS) is 19.7. The molecule has 1 heteroatoms. The van der Waals surface area contributed by atoms with E-state index in [1.54, 1.807) is 0 Å². The molecule has 0 bridgehead atoms. The van der Waals surface area contributed by atoms with Crippen LogP contribution in [-0.2, 0) is 11.8 Å². The van der Waals surface area contributed by atoms with Crippen molar-refractivity contribution >= 4 is 5.78 Å². The van der Waals surface area contributed by atoms with Crippen LogP contribution >= 0.6 is 0 Å². The van der Waals surface area contributed by atoms with Gasteiger partial charge in [-0.05, 0) is 65.2 Å². The predicted molar refractivity (Wildman–Crippen MR) is 124 cm³/mol. The molecule has 29 heavy (non-hydrogen) atoms. The molecule has 1 saturated carbocycles. The average molecular weight is 391 g/mol. The van der Waals surface area contributed by atoms with E-state index in [1.807, 2.05) is 18.2 Å². The van der Waals surface area contributed by atoms with Crippen LogP contribution in [0.15, 0.2) is 42.5 Å². The molecule has 156 valence electrons. The van der Waals surface area contributed by atoms with E-state index in [2.05, 4.69) is 65.8 Å². The topological polar surface area (TPSA) is 17.1 Å². The van der Waals surface area contributed by atoms with Gasteiger partial charge in [-0.1, -0.05) is 90.8 Å². The molecule has 0 spiro atoms. The molecule has 2 aromatic rings. The van der Waals surface area contributed by atoms with Crippen LogP contribution in [0.1, 0.15) is 106 Å². The molecular weight excluding hydrogens is 352 g/mol. The molecule has 2 unspecified atom stereocenters. The number of benzene rings is 2. The Kier molecular flexibility index (Phi) is 6.66. The molecule has 0 heterocycles. The van der Waals surface area contributed by atoms with Crippen LogP contribution in [0.3, 0.4) is 0 Å². The molecule has 1 fully saturated rings. The van der Waals surface area contributed by atoms with Crippen molar-refractivity contribution in [1.82, 2.24) is 0 Å². The summed E-state index contributed by atoms with van der Waals surface area (Å²) in [4.78, 5) is 13.7. The van der Waals surface area contributed by atoms with Crippen molar-refractivity contribution in [2.24, 2.45) is 11.8 Å². The average Bonchev–Trinajstić information content (AvgIpc) is 3.10. The molecule has 0 aromatic heterocycles. The molecule has 1 aliphatic carbocycles. The first-order valence-electron chi connectivity index (χ1n) is 11.4. The van der Waals surface area contributed by atoms with Crippen molar-refractivity contribution in [1.29, 1.82) is 0 Å². The van der Waals surface area contributed by atoms with E-state index in [0.717, 1.165) is 40.5 Å². The minimum Gasteiger partial charge on any atom is -0.289 e. The second-order valence-electron chi connectivity index (χ2n) is 10.5. The molecule has 2 atom stereocenters. The lowest BCUT2D eigenvalue weighted by molar-refractivity contribution is 0.103. The summed E-state index contributed by atoms with van der Waals surface area (Å²) in [6.45, 7) is 13.3. The Hall–Kier alpha value is -1.89. The van der Waals surface area contributed by atoms with E-state index in [9.17, 15) is 4.79 Å². The number of hydrogen-bond acceptors (Lipinski definition) is 1. The first-order chi connectivity index (χ1) is 13.7. The fourth-order valence-corrected chi connectivity index (χ4v) is 4.90. The zero-order chi connectivity index (χ0) is 21.2. The van der Waals surface area contributed by atoms with Gasteiger partial charge in [-0.15, -0.1) is 0 Å². The van der Waals surface area contributed by atoms with Crippen LogP contribution in [0.4, 0.5) is 0 Å². The number of carbonyl (C=O) groups is 1. The van der Waals surface area contributed by atoms with Gasteiger partial charge in [0.25, 0.3) is 0 Å². The Balaban J connectivity index is 1.93. The highest BCUT2D eigenvalue weighted by atomic mass is 16.1. The lowest BCUT2D eigenvalue weighted by atomic mass is 9.79. The van der Waals surface area contributed by atoms with Gasteiger partial charge in [0.05, 0.1) is 0 Å². The van der Waals surface area contributed by atoms with E-state index in [1.165, 1.54) is 31.2 Å². The zero-order valence-electron chi connectivity index (χ0n) is 19.2. The van der Waals surface area contributed by atoms with E-state index in [-0.39, 0.29) is 11.2 Å². The molecule has 0 amide bonds. The lowest BCUT2D eigenvalue weighted by Crippen LogP contribution is -2.19. The van der Waals surface area contributed by atoms with E-state index >= 15 is 0 Å². The summed E-state index contributed by atoms with van der Waals surface area (Å²) in [5.74, 6) is 2.25. The second-order valence-corrected chi connectivity index (χ2v) is 10.5. The van der Waals surface area contributed by atoms with Crippen LogP contribution in [-0.4, -0.2) is 5.78 Å². The molecule has 1 aliphatic rings. The van der Waals surface area contributed by atoms with Gasteiger partial charge >= 0.3 is 0 Å². The van der Waals surface area contributed by atoms with Crippen molar-refractivity contribution in [3.8, 4) is 0 Å². The summed E-state index contributed by atoms with van der Waals surface area (Å²) in [5, 5.41) is 0. The van der Waals surface area contributed by atoms with Crippen LogP contribution in [0.25, 0.3) is 0 Å². The van der Waals surface area contributed by atoms with Gasteiger partial charge in [0.2, 0.25) is 0 Å². The smallest absolute Gasteiger partial charge is 0.193 e. The summed E-state index contributed by atoms with van der Waals surface area (Å²) in [6, 6.07) is 14.8. The maximum Gasteiger partial charge on any atom is 0.193 e. The fourth-order valence-electron chi connectivity index (χ4n) is 4.90. The maximum absolute atomic E-state index is 13.7. The minimum absolute atomic E-state index is 0.0584. The molecule has 0 radical (unpaired) electrons. The molecule has 0 saturated heterocycles. The number of hydrogen-bond donors (Lipinski definition) is 0. The molecule has 0 N–H and O–H groups in total. The number of aryl methyl sites for hydroxylation is 1. The van der Waals surface area contributed by atoms with Gasteiger partial charge in [-0.25, -0.2) is 0 Å². The van der Waals surface area contributed by atoms with Gasteiger partial charge in [0.15, 0.2) is 5.78 Å². The van der Waals surface area contributed by atoms with E-state index in [4.69, 9.17) is 0 Å². The number of ketones is 1. The molecule has 3 rings (SSSR count). The maximum atomic E-state index is 13.7. The molecule has 2 aromatic carbocycles. The van der Waals surface area contributed by atoms with Crippen LogP contribution in [0, 0.1) is 11.8 Å². The SMILES string of the molecule is CC1CCC(CCc2ccc(C(C)(C)C)c(C(=O)c3ccccc3C(C)C)c2)C1. The largest absolute Gasteiger partial charge is 0.289 e. The fraction of sp³-hybridized carbons (Fsp3) is 0.536. The van der Waals surface area contributed by atoms with E-state index in [0.29, 0.717) is 5.92 Å².